The van der Waals surface area contributed by atoms with Gasteiger partial charge in [-0.1, -0.05) is 6.07 Å². The summed E-state index contributed by atoms with van der Waals surface area (Å²) in [6.45, 7) is 3.01. The van der Waals surface area contributed by atoms with Gasteiger partial charge in [0.1, 0.15) is 17.3 Å². The van der Waals surface area contributed by atoms with Crippen molar-refractivity contribution in [1.29, 1.82) is 0 Å². The number of halogens is 3. The van der Waals surface area contributed by atoms with Crippen molar-refractivity contribution in [3.05, 3.63) is 41.5 Å². The number of aliphatic hydroxyl groups is 1. The molecule has 1 amide bonds. The second kappa shape index (κ2) is 10.3. The molecular weight excluding hydrogens is 531 g/mol. The summed E-state index contributed by atoms with van der Waals surface area (Å²) in [6.07, 6.45) is -4.69. The number of fused-ring (bicyclic) bond motifs is 1. The number of carbonyl (C=O) groups excluding carboxylic acids is 1. The molecule has 0 unspecified atom stereocenters. The fourth-order valence-electron chi connectivity index (χ4n) is 3.81. The maximum absolute atomic E-state index is 13.2. The molecule has 3 heterocycles. The Kier molecular flexibility index (Phi) is 7.40. The number of nitrogens with one attached hydrogen (secondary N) is 1. The molecule has 1 aliphatic rings. The molecule has 0 fully saturated rings. The summed E-state index contributed by atoms with van der Waals surface area (Å²) >= 11 is 0. The van der Waals surface area contributed by atoms with Gasteiger partial charge in [0, 0.05) is 12.6 Å². The number of carbonyl (C=O) groups is 1. The first-order valence-corrected chi connectivity index (χ1v) is 12.8. The minimum Gasteiger partial charge on any atom is -0.483 e. The molecule has 16 heteroatoms. The summed E-state index contributed by atoms with van der Waals surface area (Å²) in [5.41, 5.74) is 0.0521. The number of pyridine rings is 1. The molecule has 3 aromatic rings. The summed E-state index contributed by atoms with van der Waals surface area (Å²) in [4.78, 5) is 17.3. The zero-order valence-corrected chi connectivity index (χ0v) is 21.3. The van der Waals surface area contributed by atoms with Crippen LogP contribution >= 0.6 is 0 Å². The van der Waals surface area contributed by atoms with Gasteiger partial charge in [-0.15, -0.1) is 5.10 Å². The zero-order chi connectivity index (χ0) is 27.8. The number of rotatable bonds is 8. The van der Waals surface area contributed by atoms with Crippen LogP contribution in [0.25, 0.3) is 11.5 Å². The molecule has 2 aromatic heterocycles. The van der Waals surface area contributed by atoms with Crippen molar-refractivity contribution < 1.29 is 36.2 Å². The predicted octanol–water partition coefficient (Wildman–Crippen LogP) is 2.39. The maximum atomic E-state index is 13.2. The summed E-state index contributed by atoms with van der Waals surface area (Å²) in [7, 11) is -3.97. The number of nitrogens with zero attached hydrogens (tertiary/aromatic N) is 6. The van der Waals surface area contributed by atoms with Crippen LogP contribution in [0, 0.1) is 0 Å². The molecular formula is C22H24F3N7O5S. The van der Waals surface area contributed by atoms with Gasteiger partial charge in [-0.3, -0.25) is 4.79 Å². The van der Waals surface area contributed by atoms with Crippen molar-refractivity contribution in [2.75, 3.05) is 18.5 Å². The van der Waals surface area contributed by atoms with Crippen LogP contribution in [0.5, 0.6) is 5.75 Å². The van der Waals surface area contributed by atoms with Crippen molar-refractivity contribution in [3.63, 3.8) is 0 Å². The van der Waals surface area contributed by atoms with Crippen LogP contribution in [-0.2, 0) is 16.6 Å². The van der Waals surface area contributed by atoms with Gasteiger partial charge in [-0.2, -0.15) is 17.5 Å². The lowest BCUT2D eigenvalue weighted by atomic mass is 10.1. The van der Waals surface area contributed by atoms with Gasteiger partial charge in [-0.05, 0) is 61.0 Å². The highest BCUT2D eigenvalue weighted by Crippen LogP contribution is 2.37. The van der Waals surface area contributed by atoms with E-state index in [0.717, 1.165) is 12.1 Å². The molecule has 204 valence electrons. The lowest BCUT2D eigenvalue weighted by Gasteiger charge is -2.18. The Hall–Kier alpha value is -3.63. The van der Waals surface area contributed by atoms with Gasteiger partial charge >= 0.3 is 6.18 Å². The van der Waals surface area contributed by atoms with Crippen molar-refractivity contribution in [2.24, 2.45) is 0 Å². The summed E-state index contributed by atoms with van der Waals surface area (Å²) < 4.78 is 72.1. The third-order valence-corrected chi connectivity index (χ3v) is 7.79. The first-order valence-electron chi connectivity index (χ1n) is 11.4. The monoisotopic (exact) mass is 555 g/mol. The van der Waals surface area contributed by atoms with E-state index >= 15 is 0 Å². The summed E-state index contributed by atoms with van der Waals surface area (Å²) in [6, 6.07) is 5.79. The van der Waals surface area contributed by atoms with Crippen LogP contribution in [0.2, 0.25) is 0 Å². The molecule has 0 saturated carbocycles. The van der Waals surface area contributed by atoms with Gasteiger partial charge in [0.2, 0.25) is 15.8 Å². The average molecular weight is 556 g/mol. The number of aromatic nitrogens is 5. The molecule has 0 saturated heterocycles. The molecule has 0 aliphatic carbocycles. The van der Waals surface area contributed by atoms with Crippen LogP contribution in [0.4, 0.5) is 19.0 Å². The number of tetrazole rings is 1. The van der Waals surface area contributed by atoms with E-state index in [-0.39, 0.29) is 40.9 Å². The molecule has 0 spiro atoms. The number of hydrogen-bond acceptors (Lipinski definition) is 9. The Labute approximate surface area is 215 Å². The molecule has 0 bridgehead atoms. The van der Waals surface area contributed by atoms with Crippen LogP contribution in [0.3, 0.4) is 0 Å². The SMILES string of the molecule is CC(C)N1Cc2cc(OCC(F)(F)F)c(C(=O)Nc3cccc(-c4nnnn4[C@H](C)CO)n3)cc2S1(=O)=O. The average Bonchev–Trinajstić information content (AvgIpc) is 3.44. The summed E-state index contributed by atoms with van der Waals surface area (Å²) in [5.74, 6) is -1.16. The highest BCUT2D eigenvalue weighted by molar-refractivity contribution is 7.89. The summed E-state index contributed by atoms with van der Waals surface area (Å²) in [5, 5.41) is 23.2. The number of hydrogen-bond donors (Lipinski definition) is 2. The third kappa shape index (κ3) is 5.46. The molecule has 4 rings (SSSR count). The van der Waals surface area contributed by atoms with Crippen molar-refractivity contribution >= 4 is 21.7 Å². The molecule has 12 nitrogen and oxygen atoms in total. The highest BCUT2D eigenvalue weighted by Gasteiger charge is 2.38. The molecule has 38 heavy (non-hydrogen) atoms. The molecule has 0 radical (unpaired) electrons. The second-order valence-electron chi connectivity index (χ2n) is 8.84. The van der Waals surface area contributed by atoms with Gasteiger partial charge in [0.05, 0.1) is 23.1 Å². The fraction of sp³-hybridized carbons (Fsp3) is 0.409. The minimum atomic E-state index is -4.69. The number of amides is 1. The third-order valence-electron chi connectivity index (χ3n) is 5.68. The van der Waals surface area contributed by atoms with E-state index < -0.39 is 52.1 Å². The lowest BCUT2D eigenvalue weighted by Crippen LogP contribution is -2.31. The van der Waals surface area contributed by atoms with Gasteiger partial charge in [0.25, 0.3) is 5.91 Å². The largest absolute Gasteiger partial charge is 0.483 e. The molecule has 1 aliphatic heterocycles. The van der Waals surface area contributed by atoms with E-state index in [9.17, 15) is 31.5 Å². The van der Waals surface area contributed by atoms with Crippen molar-refractivity contribution in [1.82, 2.24) is 29.5 Å². The Morgan fingerprint density at radius 1 is 1.24 bits per heavy atom. The smallest absolute Gasteiger partial charge is 0.422 e. The zero-order valence-electron chi connectivity index (χ0n) is 20.5. The van der Waals surface area contributed by atoms with Crippen LogP contribution in [0.1, 0.15) is 42.7 Å². The number of alkyl halides is 3. The van der Waals surface area contributed by atoms with E-state index in [1.54, 1.807) is 26.8 Å². The Balaban J connectivity index is 1.69. The number of benzene rings is 1. The van der Waals surface area contributed by atoms with Crippen molar-refractivity contribution in [3.8, 4) is 17.3 Å². The van der Waals surface area contributed by atoms with E-state index in [4.69, 9.17) is 4.74 Å². The van der Waals surface area contributed by atoms with Gasteiger partial charge in [0.15, 0.2) is 6.61 Å². The first-order chi connectivity index (χ1) is 17.8. The predicted molar refractivity (Wildman–Crippen MR) is 127 cm³/mol. The normalized spacial score (nSPS) is 15.9. The maximum Gasteiger partial charge on any atom is 0.422 e. The van der Waals surface area contributed by atoms with Crippen LogP contribution in [0.15, 0.2) is 35.2 Å². The highest BCUT2D eigenvalue weighted by atomic mass is 32.2. The van der Waals surface area contributed by atoms with Crippen molar-refractivity contribution in [2.45, 2.75) is 50.5 Å². The second-order valence-corrected chi connectivity index (χ2v) is 10.7. The Morgan fingerprint density at radius 2 is 1.97 bits per heavy atom. The Morgan fingerprint density at radius 3 is 2.63 bits per heavy atom. The lowest BCUT2D eigenvalue weighted by molar-refractivity contribution is -0.153. The fourth-order valence-corrected chi connectivity index (χ4v) is 5.65. The minimum absolute atomic E-state index is 0.00682. The molecule has 1 aromatic carbocycles. The van der Waals surface area contributed by atoms with Crippen LogP contribution < -0.4 is 10.1 Å². The molecule has 1 atom stereocenters. The van der Waals surface area contributed by atoms with E-state index in [0.29, 0.717) is 0 Å². The quantitative estimate of drug-likeness (QED) is 0.427. The number of aliphatic hydroxyl groups excluding tert-OH is 1. The van der Waals surface area contributed by atoms with E-state index in [1.165, 1.54) is 21.1 Å². The Bertz CT molecular complexity index is 1460. The topological polar surface area (TPSA) is 152 Å². The number of ether oxygens (including phenoxy) is 1. The first kappa shape index (κ1) is 27.4. The van der Waals surface area contributed by atoms with E-state index in [2.05, 4.69) is 25.8 Å². The molecule has 2 N–H and O–H groups in total. The number of anilines is 1. The van der Waals surface area contributed by atoms with Gasteiger partial charge < -0.3 is 15.2 Å². The number of sulfonamides is 1. The van der Waals surface area contributed by atoms with Crippen LogP contribution in [-0.4, -0.2) is 74.4 Å². The van der Waals surface area contributed by atoms with E-state index in [1.807, 2.05) is 0 Å². The van der Waals surface area contributed by atoms with Gasteiger partial charge in [-0.25, -0.2) is 18.1 Å². The standard InChI is InChI=1S/C22H24F3N7O5S/c1-12(2)31-9-14-7-17(37-11-22(23,24)25)15(8-18(14)38(31,35)36)21(34)27-19-6-4-5-16(26-19)20-28-29-30-32(20)13(3)10-33/h4-8,12-13,33H,9-11H2,1-3H3,(H,26,27,34)/t13-/m1/s1.